The molecule has 7 heteroatoms. The van der Waals surface area contributed by atoms with Crippen molar-refractivity contribution < 1.29 is 17.9 Å². The Kier molecular flexibility index (Phi) is 5.55. The van der Waals surface area contributed by atoms with E-state index in [2.05, 4.69) is 9.62 Å². The van der Waals surface area contributed by atoms with Crippen molar-refractivity contribution in [2.45, 2.75) is 25.1 Å². The van der Waals surface area contributed by atoms with Crippen LogP contribution in [0.4, 0.5) is 0 Å². The minimum atomic E-state index is -3.25. The van der Waals surface area contributed by atoms with Gasteiger partial charge in [0.1, 0.15) is 0 Å². The molecule has 122 valence electrons. The molecule has 0 saturated carbocycles. The summed E-state index contributed by atoms with van der Waals surface area (Å²) >= 11 is 0. The fraction of sp³-hybridized carbons (Fsp3) is 0.533. The van der Waals surface area contributed by atoms with Crippen LogP contribution in [0.2, 0.25) is 0 Å². The highest BCUT2D eigenvalue weighted by Gasteiger charge is 2.32. The second kappa shape index (κ2) is 7.21. The molecule has 0 amide bonds. The lowest BCUT2D eigenvalue weighted by Crippen LogP contribution is -2.36. The number of nitrogens with zero attached hydrogens (tertiary/aromatic N) is 1. The second-order valence-corrected chi connectivity index (χ2v) is 7.38. The van der Waals surface area contributed by atoms with E-state index in [-0.39, 0.29) is 5.97 Å². The van der Waals surface area contributed by atoms with Crippen molar-refractivity contribution in [2.75, 3.05) is 26.7 Å². The Hall–Kier alpha value is -1.44. The average Bonchev–Trinajstić information content (AvgIpc) is 2.96. The molecule has 1 aliphatic heterocycles. The van der Waals surface area contributed by atoms with Crippen molar-refractivity contribution in [3.8, 4) is 0 Å². The summed E-state index contributed by atoms with van der Waals surface area (Å²) < 4.78 is 31.4. The van der Waals surface area contributed by atoms with E-state index in [4.69, 9.17) is 4.74 Å². The maximum atomic E-state index is 12.0. The molecule has 1 N–H and O–H groups in total. The Balaban J connectivity index is 2.06. The fourth-order valence-electron chi connectivity index (χ4n) is 2.72. The fourth-order valence-corrected chi connectivity index (χ4v) is 4.18. The van der Waals surface area contributed by atoms with Gasteiger partial charge in [-0.15, -0.1) is 0 Å². The monoisotopic (exact) mass is 326 g/mol. The van der Waals surface area contributed by atoms with Crippen molar-refractivity contribution in [1.29, 1.82) is 0 Å². The van der Waals surface area contributed by atoms with Crippen LogP contribution in [0.25, 0.3) is 0 Å². The zero-order valence-corrected chi connectivity index (χ0v) is 13.7. The lowest BCUT2D eigenvalue weighted by molar-refractivity contribution is 0.0598. The molecule has 0 radical (unpaired) electrons. The van der Waals surface area contributed by atoms with Gasteiger partial charge in [-0.2, -0.15) is 0 Å². The third-order valence-electron chi connectivity index (χ3n) is 3.83. The van der Waals surface area contributed by atoms with E-state index in [1.165, 1.54) is 7.11 Å². The van der Waals surface area contributed by atoms with Gasteiger partial charge in [0.05, 0.1) is 17.9 Å². The molecular weight excluding hydrogens is 304 g/mol. The lowest BCUT2D eigenvalue weighted by atomic mass is 10.1. The first-order chi connectivity index (χ1) is 10.5. The number of rotatable bonds is 6. The lowest BCUT2D eigenvalue weighted by Gasteiger charge is -2.18. The number of methoxy groups -OCH3 is 1. The van der Waals surface area contributed by atoms with Gasteiger partial charge in [0.25, 0.3) is 0 Å². The largest absolute Gasteiger partial charge is 0.465 e. The number of carbonyl (C=O) groups excluding carboxylic acids is 1. The summed E-state index contributed by atoms with van der Waals surface area (Å²) in [5.74, 6) is -0.369. The van der Waals surface area contributed by atoms with E-state index in [9.17, 15) is 13.2 Å². The molecule has 1 atom stereocenters. The molecular formula is C15H22N2O4S. The van der Waals surface area contributed by atoms with Gasteiger partial charge in [0.2, 0.25) is 10.0 Å². The highest BCUT2D eigenvalue weighted by Crippen LogP contribution is 2.20. The van der Waals surface area contributed by atoms with Gasteiger partial charge in [-0.3, -0.25) is 4.90 Å². The average molecular weight is 326 g/mol. The number of likely N-dealkylation sites (tertiary alicyclic amines) is 1. The van der Waals surface area contributed by atoms with Gasteiger partial charge in [-0.25, -0.2) is 17.9 Å². The Morgan fingerprint density at radius 2 is 2.14 bits per heavy atom. The molecule has 1 aromatic rings. The minimum absolute atomic E-state index is 0.369. The summed E-state index contributed by atoms with van der Waals surface area (Å²) in [5, 5.41) is -0.391. The number of sulfonamides is 1. The Labute approximate surface area is 131 Å². The Morgan fingerprint density at radius 3 is 2.82 bits per heavy atom. The van der Waals surface area contributed by atoms with Crippen LogP contribution in [0.1, 0.15) is 29.3 Å². The summed E-state index contributed by atoms with van der Waals surface area (Å²) in [6.07, 6.45) is 0.607. The minimum Gasteiger partial charge on any atom is -0.465 e. The van der Waals surface area contributed by atoms with E-state index in [1.807, 2.05) is 12.1 Å². The SMILES string of the molecule is CCNS(=O)(=O)[C@H]1CCN(Cc2ccccc2C(=O)OC)C1. The molecule has 6 nitrogen and oxygen atoms in total. The maximum Gasteiger partial charge on any atom is 0.338 e. The van der Waals surface area contributed by atoms with E-state index in [0.717, 1.165) is 5.56 Å². The normalized spacial score (nSPS) is 19.3. The number of carbonyl (C=O) groups is 1. The summed E-state index contributed by atoms with van der Waals surface area (Å²) in [6, 6.07) is 7.26. The highest BCUT2D eigenvalue weighted by atomic mass is 32.2. The maximum absolute atomic E-state index is 12.0. The van der Waals surface area contributed by atoms with Crippen LogP contribution in [0.5, 0.6) is 0 Å². The van der Waals surface area contributed by atoms with Crippen molar-refractivity contribution in [1.82, 2.24) is 9.62 Å². The number of nitrogens with one attached hydrogen (secondary N) is 1. The van der Waals surface area contributed by atoms with Crippen molar-refractivity contribution in [3.05, 3.63) is 35.4 Å². The van der Waals surface area contributed by atoms with Crippen LogP contribution < -0.4 is 4.72 Å². The standard InChI is InChI=1S/C15H22N2O4S/c1-3-16-22(19,20)13-8-9-17(11-13)10-12-6-4-5-7-14(12)15(18)21-2/h4-7,13,16H,3,8-11H2,1-2H3/t13-/m0/s1. The molecule has 0 bridgehead atoms. The molecule has 1 aliphatic rings. The van der Waals surface area contributed by atoms with Crippen LogP contribution in [-0.4, -0.2) is 51.3 Å². The van der Waals surface area contributed by atoms with Crippen LogP contribution in [0, 0.1) is 0 Å². The number of benzene rings is 1. The second-order valence-electron chi connectivity index (χ2n) is 5.34. The molecule has 1 fully saturated rings. The van der Waals surface area contributed by atoms with E-state index >= 15 is 0 Å². The third kappa shape index (κ3) is 3.85. The number of hydrogen-bond acceptors (Lipinski definition) is 5. The number of ether oxygens (including phenoxy) is 1. The van der Waals surface area contributed by atoms with E-state index in [1.54, 1.807) is 19.1 Å². The zero-order chi connectivity index (χ0) is 16.2. The van der Waals surface area contributed by atoms with Gasteiger partial charge < -0.3 is 4.74 Å². The van der Waals surface area contributed by atoms with Crippen molar-refractivity contribution in [2.24, 2.45) is 0 Å². The molecule has 0 aromatic heterocycles. The predicted molar refractivity (Wildman–Crippen MR) is 84.1 cm³/mol. The van der Waals surface area contributed by atoms with Crippen LogP contribution in [0.3, 0.4) is 0 Å². The Morgan fingerprint density at radius 1 is 1.41 bits per heavy atom. The number of hydrogen-bond donors (Lipinski definition) is 1. The van der Waals surface area contributed by atoms with Crippen LogP contribution in [0.15, 0.2) is 24.3 Å². The van der Waals surface area contributed by atoms with Gasteiger partial charge in [0, 0.05) is 19.6 Å². The molecule has 0 spiro atoms. The predicted octanol–water partition coefficient (Wildman–Crippen LogP) is 0.987. The Bertz CT molecular complexity index is 630. The summed E-state index contributed by atoms with van der Waals surface area (Å²) in [7, 11) is -1.89. The smallest absolute Gasteiger partial charge is 0.338 e. The van der Waals surface area contributed by atoms with Gasteiger partial charge in [-0.1, -0.05) is 25.1 Å². The molecule has 2 rings (SSSR count). The first-order valence-corrected chi connectivity index (χ1v) is 8.89. The first-order valence-electron chi connectivity index (χ1n) is 7.35. The van der Waals surface area contributed by atoms with E-state index < -0.39 is 15.3 Å². The summed E-state index contributed by atoms with van der Waals surface area (Å²) in [4.78, 5) is 13.8. The summed E-state index contributed by atoms with van der Waals surface area (Å²) in [6.45, 7) is 3.90. The highest BCUT2D eigenvalue weighted by molar-refractivity contribution is 7.90. The van der Waals surface area contributed by atoms with Crippen LogP contribution in [-0.2, 0) is 21.3 Å². The van der Waals surface area contributed by atoms with Gasteiger partial charge in [0.15, 0.2) is 0 Å². The summed E-state index contributed by atoms with van der Waals surface area (Å²) in [5.41, 5.74) is 1.39. The number of esters is 1. The topological polar surface area (TPSA) is 75.7 Å². The van der Waals surface area contributed by atoms with Crippen LogP contribution >= 0.6 is 0 Å². The van der Waals surface area contributed by atoms with Crippen molar-refractivity contribution >= 4 is 16.0 Å². The molecule has 22 heavy (non-hydrogen) atoms. The van der Waals surface area contributed by atoms with Gasteiger partial charge in [-0.05, 0) is 24.6 Å². The van der Waals surface area contributed by atoms with E-state index in [0.29, 0.717) is 38.2 Å². The van der Waals surface area contributed by atoms with Gasteiger partial charge >= 0.3 is 5.97 Å². The molecule has 0 aliphatic carbocycles. The first kappa shape index (κ1) is 16.9. The quantitative estimate of drug-likeness (QED) is 0.789. The molecule has 0 unspecified atom stereocenters. The molecule has 1 saturated heterocycles. The molecule has 1 heterocycles. The molecule has 1 aromatic carbocycles. The van der Waals surface area contributed by atoms with Crippen molar-refractivity contribution in [3.63, 3.8) is 0 Å². The third-order valence-corrected chi connectivity index (χ3v) is 5.78. The zero-order valence-electron chi connectivity index (χ0n) is 12.9.